The predicted octanol–water partition coefficient (Wildman–Crippen LogP) is 5.15. The topological polar surface area (TPSA) is 17.1 Å². The summed E-state index contributed by atoms with van der Waals surface area (Å²) in [4.78, 5) is 12.1. The number of Topliss-reactive ketones (excluding diaryl/α,β-unsaturated/α-hetero) is 1. The van der Waals surface area contributed by atoms with E-state index in [0.29, 0.717) is 17.7 Å². The summed E-state index contributed by atoms with van der Waals surface area (Å²) in [5.74, 6) is -0.891. The summed E-state index contributed by atoms with van der Waals surface area (Å²) in [5, 5.41) is 0. The van der Waals surface area contributed by atoms with Gasteiger partial charge in [-0.3, -0.25) is 4.79 Å². The summed E-state index contributed by atoms with van der Waals surface area (Å²) in [6.45, 7) is 0. The highest BCUT2D eigenvalue weighted by Crippen LogP contribution is 2.37. The molecule has 0 spiro atoms. The van der Waals surface area contributed by atoms with Crippen LogP contribution in [0.15, 0.2) is 48.5 Å². The minimum absolute atomic E-state index is 0.0295. The lowest BCUT2D eigenvalue weighted by Gasteiger charge is -2.15. The number of hydrogen-bond donors (Lipinski definition) is 0. The largest absolute Gasteiger partial charge is 0.417 e. The fourth-order valence-electron chi connectivity index (χ4n) is 2.07. The molecule has 0 radical (unpaired) electrons. The number of carbonyl (C=O) groups is 1. The van der Waals surface area contributed by atoms with E-state index in [4.69, 9.17) is 0 Å². The first-order valence-electron chi connectivity index (χ1n) is 6.44. The smallest absolute Gasteiger partial charge is 0.294 e. The molecular weight excluding hydrogens is 322 g/mol. The van der Waals surface area contributed by atoms with Crippen LogP contribution in [-0.2, 0) is 18.8 Å². The van der Waals surface area contributed by atoms with Crippen molar-refractivity contribution in [2.75, 3.05) is 0 Å². The van der Waals surface area contributed by atoms with E-state index >= 15 is 0 Å². The molecule has 0 aromatic heterocycles. The molecule has 7 heteroatoms. The minimum atomic E-state index is -5.05. The lowest BCUT2D eigenvalue weighted by molar-refractivity contribution is -0.143. The van der Waals surface area contributed by atoms with E-state index in [1.54, 1.807) is 30.3 Å². The number of rotatable bonds is 3. The van der Waals surface area contributed by atoms with Gasteiger partial charge in [-0.2, -0.15) is 26.3 Å². The van der Waals surface area contributed by atoms with Gasteiger partial charge in [-0.1, -0.05) is 36.4 Å². The Labute approximate surface area is 127 Å². The summed E-state index contributed by atoms with van der Waals surface area (Å²) in [7, 11) is 0. The summed E-state index contributed by atoms with van der Waals surface area (Å²) >= 11 is 0. The van der Waals surface area contributed by atoms with E-state index < -0.39 is 34.8 Å². The second-order valence-electron chi connectivity index (χ2n) is 4.84. The highest BCUT2D eigenvalue weighted by molar-refractivity contribution is 5.99. The molecule has 0 saturated carbocycles. The van der Waals surface area contributed by atoms with Crippen LogP contribution >= 0.6 is 0 Å². The lowest BCUT2D eigenvalue weighted by atomic mass is 9.96. The van der Waals surface area contributed by atoms with Crippen LogP contribution in [0.3, 0.4) is 0 Å². The van der Waals surface area contributed by atoms with Gasteiger partial charge < -0.3 is 0 Å². The van der Waals surface area contributed by atoms with Gasteiger partial charge in [0.25, 0.3) is 0 Å². The molecule has 0 bridgehead atoms. The van der Waals surface area contributed by atoms with Crippen molar-refractivity contribution in [3.8, 4) is 0 Å². The first kappa shape index (κ1) is 17.1. The van der Waals surface area contributed by atoms with Gasteiger partial charge in [0, 0.05) is 12.0 Å². The van der Waals surface area contributed by atoms with E-state index in [-0.39, 0.29) is 12.5 Å². The van der Waals surface area contributed by atoms with Gasteiger partial charge in [-0.25, -0.2) is 0 Å². The summed E-state index contributed by atoms with van der Waals surface area (Å²) in [5.41, 5.74) is -3.31. The molecule has 0 fully saturated rings. The maximum Gasteiger partial charge on any atom is 0.417 e. The molecule has 2 rings (SSSR count). The lowest BCUT2D eigenvalue weighted by Crippen LogP contribution is -2.17. The molecule has 122 valence electrons. The van der Waals surface area contributed by atoms with Crippen LogP contribution < -0.4 is 0 Å². The molecule has 0 N–H and O–H groups in total. The molecule has 0 heterocycles. The Hall–Kier alpha value is -2.31. The third-order valence-electron chi connectivity index (χ3n) is 3.16. The summed E-state index contributed by atoms with van der Waals surface area (Å²) in [6.07, 6.45) is -10.3. The summed E-state index contributed by atoms with van der Waals surface area (Å²) in [6, 6.07) is 9.03. The number of benzene rings is 2. The Balaban J connectivity index is 2.43. The zero-order valence-electron chi connectivity index (χ0n) is 11.5. The number of ketones is 1. The van der Waals surface area contributed by atoms with Gasteiger partial charge in [0.1, 0.15) is 0 Å². The van der Waals surface area contributed by atoms with E-state index in [0.717, 1.165) is 0 Å². The van der Waals surface area contributed by atoms with E-state index in [2.05, 4.69) is 0 Å². The molecule has 0 unspecified atom stereocenters. The molecule has 0 atom stereocenters. The van der Waals surface area contributed by atoms with Crippen molar-refractivity contribution < 1.29 is 31.1 Å². The van der Waals surface area contributed by atoms with Crippen molar-refractivity contribution in [3.63, 3.8) is 0 Å². The van der Waals surface area contributed by atoms with Gasteiger partial charge in [-0.05, 0) is 17.7 Å². The van der Waals surface area contributed by atoms with Crippen molar-refractivity contribution in [3.05, 3.63) is 70.8 Å². The van der Waals surface area contributed by atoms with Crippen molar-refractivity contribution in [2.45, 2.75) is 18.8 Å². The van der Waals surface area contributed by atoms with E-state index in [1.807, 2.05) is 0 Å². The zero-order chi connectivity index (χ0) is 17.3. The third-order valence-corrected chi connectivity index (χ3v) is 3.16. The molecule has 23 heavy (non-hydrogen) atoms. The SMILES string of the molecule is O=C(Cc1ccccc1)c1ccc(C(F)(F)F)cc1C(F)(F)F. The Kier molecular flexibility index (Phi) is 4.49. The van der Waals surface area contributed by atoms with Crippen LogP contribution in [0.5, 0.6) is 0 Å². The molecule has 0 aliphatic rings. The maximum atomic E-state index is 13.0. The number of alkyl halides is 6. The van der Waals surface area contributed by atoms with Crippen molar-refractivity contribution in [1.82, 2.24) is 0 Å². The highest BCUT2D eigenvalue weighted by atomic mass is 19.4. The predicted molar refractivity (Wildman–Crippen MR) is 70.9 cm³/mol. The number of halogens is 6. The third kappa shape index (κ3) is 4.12. The van der Waals surface area contributed by atoms with Crippen LogP contribution in [0, 0.1) is 0 Å². The fraction of sp³-hybridized carbons (Fsp3) is 0.188. The normalized spacial score (nSPS) is 12.3. The van der Waals surface area contributed by atoms with Gasteiger partial charge in [0.2, 0.25) is 0 Å². The van der Waals surface area contributed by atoms with Gasteiger partial charge in [-0.15, -0.1) is 0 Å². The Morgan fingerprint density at radius 2 is 1.43 bits per heavy atom. The second kappa shape index (κ2) is 6.06. The molecule has 0 aliphatic heterocycles. The summed E-state index contributed by atoms with van der Waals surface area (Å²) < 4.78 is 76.7. The monoisotopic (exact) mass is 332 g/mol. The van der Waals surface area contributed by atoms with Crippen molar-refractivity contribution >= 4 is 5.78 Å². The quantitative estimate of drug-likeness (QED) is 0.561. The Bertz CT molecular complexity index is 701. The zero-order valence-corrected chi connectivity index (χ0v) is 11.5. The second-order valence-corrected chi connectivity index (χ2v) is 4.84. The number of hydrogen-bond acceptors (Lipinski definition) is 1. The molecule has 0 aliphatic carbocycles. The van der Waals surface area contributed by atoms with Crippen LogP contribution in [0.25, 0.3) is 0 Å². The maximum absolute atomic E-state index is 13.0. The Morgan fingerprint density at radius 1 is 0.826 bits per heavy atom. The van der Waals surface area contributed by atoms with Crippen LogP contribution in [-0.4, -0.2) is 5.78 Å². The minimum Gasteiger partial charge on any atom is -0.294 e. The Morgan fingerprint density at radius 3 is 1.96 bits per heavy atom. The van der Waals surface area contributed by atoms with Gasteiger partial charge >= 0.3 is 12.4 Å². The van der Waals surface area contributed by atoms with Crippen LogP contribution in [0.2, 0.25) is 0 Å². The average molecular weight is 332 g/mol. The fourth-order valence-corrected chi connectivity index (χ4v) is 2.07. The first-order chi connectivity index (χ1) is 10.6. The van der Waals surface area contributed by atoms with Crippen LogP contribution in [0.4, 0.5) is 26.3 Å². The standard InChI is InChI=1S/C16H10F6O/c17-15(18,19)11-6-7-12(13(9-11)16(20,21)22)14(23)8-10-4-2-1-3-5-10/h1-7,9H,8H2. The van der Waals surface area contributed by atoms with Gasteiger partial charge in [0.05, 0.1) is 11.1 Å². The molecule has 0 amide bonds. The van der Waals surface area contributed by atoms with E-state index in [1.165, 1.54) is 0 Å². The van der Waals surface area contributed by atoms with Crippen LogP contribution in [0.1, 0.15) is 27.0 Å². The molecule has 0 saturated heterocycles. The van der Waals surface area contributed by atoms with E-state index in [9.17, 15) is 31.1 Å². The first-order valence-corrected chi connectivity index (χ1v) is 6.44. The molecule has 2 aromatic rings. The molecule has 1 nitrogen and oxygen atoms in total. The number of carbonyl (C=O) groups excluding carboxylic acids is 1. The highest BCUT2D eigenvalue weighted by Gasteiger charge is 2.39. The molecule has 2 aromatic carbocycles. The average Bonchev–Trinajstić information content (AvgIpc) is 2.46. The van der Waals surface area contributed by atoms with Gasteiger partial charge in [0.15, 0.2) is 5.78 Å². The van der Waals surface area contributed by atoms with Crippen molar-refractivity contribution in [2.24, 2.45) is 0 Å². The molecular formula is C16H10F6O. The van der Waals surface area contributed by atoms with Crippen molar-refractivity contribution in [1.29, 1.82) is 0 Å².